The van der Waals surface area contributed by atoms with Gasteiger partial charge in [0, 0.05) is 0 Å². The molecule has 0 heterocycles. The predicted molar refractivity (Wildman–Crippen MR) is 44.3 cm³/mol. The smallest absolute Gasteiger partial charge is 0.119 e. The van der Waals surface area contributed by atoms with Crippen LogP contribution in [0.1, 0.15) is 39.5 Å². The zero-order chi connectivity index (χ0) is 8.32. The summed E-state index contributed by atoms with van der Waals surface area (Å²) in [6.45, 7) is 3.79. The van der Waals surface area contributed by atoms with Crippen molar-refractivity contribution in [3.63, 3.8) is 0 Å². The van der Waals surface area contributed by atoms with Crippen LogP contribution in [0, 0.1) is 0 Å². The van der Waals surface area contributed by atoms with Crippen LogP contribution in [-0.4, -0.2) is 10.9 Å². The van der Waals surface area contributed by atoms with Crippen LogP contribution < -0.4 is 0 Å². The van der Waals surface area contributed by atoms with Crippen LogP contribution >= 0.6 is 0 Å². The van der Waals surface area contributed by atoms with Gasteiger partial charge in [-0.05, 0) is 45.1 Å². The molecule has 1 N–H and O–H groups in total. The van der Waals surface area contributed by atoms with E-state index in [0.717, 1.165) is 12.8 Å². The zero-order valence-corrected chi connectivity index (χ0v) is 7.26. The first-order chi connectivity index (χ1) is 5.17. The average molecular weight is 156 g/mol. The van der Waals surface area contributed by atoms with Gasteiger partial charge in [-0.2, -0.15) is 0 Å². The van der Waals surface area contributed by atoms with Gasteiger partial charge in [-0.15, -0.1) is 0 Å². The molecular formula is C9H16O2. The number of hydrogen-bond acceptors (Lipinski definition) is 2. The molecule has 0 spiro atoms. The molecule has 11 heavy (non-hydrogen) atoms. The van der Waals surface area contributed by atoms with E-state index in [4.69, 9.17) is 5.26 Å². The third-order valence-electron chi connectivity index (χ3n) is 2.29. The third-order valence-corrected chi connectivity index (χ3v) is 2.29. The Balaban J connectivity index is 2.64. The Morgan fingerprint density at radius 3 is 2.64 bits per heavy atom. The lowest BCUT2D eigenvalue weighted by molar-refractivity contribution is -0.301. The van der Waals surface area contributed by atoms with Gasteiger partial charge in [0.2, 0.25) is 0 Å². The molecule has 2 nitrogen and oxygen atoms in total. The Kier molecular flexibility index (Phi) is 2.68. The summed E-state index contributed by atoms with van der Waals surface area (Å²) in [7, 11) is 0. The first-order valence-corrected chi connectivity index (χ1v) is 4.19. The second kappa shape index (κ2) is 3.37. The van der Waals surface area contributed by atoms with Crippen molar-refractivity contribution in [2.24, 2.45) is 0 Å². The molecule has 1 aliphatic carbocycles. The molecule has 0 aromatic carbocycles. The largest absolute Gasteiger partial charge is 0.251 e. The van der Waals surface area contributed by atoms with Crippen LogP contribution in [0.5, 0.6) is 0 Å². The lowest BCUT2D eigenvalue weighted by Gasteiger charge is -2.26. The Morgan fingerprint density at radius 1 is 1.45 bits per heavy atom. The molecule has 0 saturated carbocycles. The minimum absolute atomic E-state index is 0.472. The fourth-order valence-electron chi connectivity index (χ4n) is 1.44. The minimum Gasteiger partial charge on any atom is -0.251 e. The first-order valence-electron chi connectivity index (χ1n) is 4.19. The highest BCUT2D eigenvalue weighted by atomic mass is 17.1. The highest BCUT2D eigenvalue weighted by molar-refractivity contribution is 5.15. The maximum atomic E-state index is 8.61. The van der Waals surface area contributed by atoms with Gasteiger partial charge in [0.15, 0.2) is 0 Å². The highest BCUT2D eigenvalue weighted by Crippen LogP contribution is 2.28. The molecular weight excluding hydrogens is 140 g/mol. The van der Waals surface area contributed by atoms with Crippen LogP contribution in [0.4, 0.5) is 0 Å². The molecule has 64 valence electrons. The first kappa shape index (κ1) is 8.75. The van der Waals surface area contributed by atoms with Crippen LogP contribution in [0.25, 0.3) is 0 Å². The van der Waals surface area contributed by atoms with Crippen molar-refractivity contribution in [3.05, 3.63) is 11.6 Å². The van der Waals surface area contributed by atoms with Gasteiger partial charge in [0.25, 0.3) is 0 Å². The van der Waals surface area contributed by atoms with Gasteiger partial charge in [-0.25, -0.2) is 4.89 Å². The second-order valence-electron chi connectivity index (χ2n) is 3.58. The molecule has 1 aliphatic rings. The minimum atomic E-state index is -0.472. The lowest BCUT2D eigenvalue weighted by atomic mass is 9.88. The Morgan fingerprint density at radius 2 is 2.18 bits per heavy atom. The highest BCUT2D eigenvalue weighted by Gasteiger charge is 2.24. The van der Waals surface area contributed by atoms with E-state index in [2.05, 4.69) is 11.0 Å². The molecule has 0 unspecified atom stereocenters. The molecule has 0 fully saturated rings. The van der Waals surface area contributed by atoms with E-state index in [9.17, 15) is 0 Å². The fraction of sp³-hybridized carbons (Fsp3) is 0.778. The Bertz CT molecular complexity index is 159. The van der Waals surface area contributed by atoms with E-state index in [0.29, 0.717) is 0 Å². The van der Waals surface area contributed by atoms with Crippen LogP contribution in [0.15, 0.2) is 11.6 Å². The summed E-state index contributed by atoms with van der Waals surface area (Å²) in [4.78, 5) is 4.41. The van der Waals surface area contributed by atoms with Crippen LogP contribution in [0.3, 0.4) is 0 Å². The molecule has 0 aromatic rings. The topological polar surface area (TPSA) is 29.5 Å². The molecule has 0 amide bonds. The van der Waals surface area contributed by atoms with E-state index >= 15 is 0 Å². The van der Waals surface area contributed by atoms with Gasteiger partial charge >= 0.3 is 0 Å². The average Bonchev–Trinajstić information content (AvgIpc) is 2.06. The van der Waals surface area contributed by atoms with Gasteiger partial charge in [-0.1, -0.05) is 6.08 Å². The van der Waals surface area contributed by atoms with E-state index in [1.54, 1.807) is 0 Å². The van der Waals surface area contributed by atoms with Crippen molar-refractivity contribution < 1.29 is 10.1 Å². The van der Waals surface area contributed by atoms with Crippen molar-refractivity contribution >= 4 is 0 Å². The van der Waals surface area contributed by atoms with Gasteiger partial charge in [0.1, 0.15) is 5.60 Å². The Hall–Kier alpha value is -0.340. The van der Waals surface area contributed by atoms with E-state index in [1.807, 2.05) is 13.8 Å². The maximum absolute atomic E-state index is 8.61. The number of rotatable bonds is 2. The van der Waals surface area contributed by atoms with E-state index < -0.39 is 5.60 Å². The molecule has 0 radical (unpaired) electrons. The standard InChI is InChI=1S/C9H16O2/c1-9(2,11-10)8-6-4-3-5-7-8/h6,10H,3-5,7H2,1-2H3. The summed E-state index contributed by atoms with van der Waals surface area (Å²) < 4.78 is 0. The lowest BCUT2D eigenvalue weighted by Crippen LogP contribution is -2.26. The van der Waals surface area contributed by atoms with Gasteiger partial charge in [0.05, 0.1) is 0 Å². The summed E-state index contributed by atoms with van der Waals surface area (Å²) in [6.07, 6.45) is 6.86. The SMILES string of the molecule is CC(C)(OO)C1=CCCCC1. The molecule has 0 bridgehead atoms. The summed E-state index contributed by atoms with van der Waals surface area (Å²) in [5, 5.41) is 8.61. The predicted octanol–water partition coefficient (Wildman–Crippen LogP) is 2.76. The van der Waals surface area contributed by atoms with Crippen molar-refractivity contribution in [1.29, 1.82) is 0 Å². The van der Waals surface area contributed by atoms with Crippen molar-refractivity contribution in [2.45, 2.75) is 45.1 Å². The van der Waals surface area contributed by atoms with E-state index in [1.165, 1.54) is 18.4 Å². The van der Waals surface area contributed by atoms with Crippen molar-refractivity contribution in [1.82, 2.24) is 0 Å². The normalized spacial score (nSPS) is 19.7. The summed E-state index contributed by atoms with van der Waals surface area (Å²) in [6, 6.07) is 0. The maximum Gasteiger partial charge on any atom is 0.119 e. The molecule has 2 heteroatoms. The molecule has 0 saturated heterocycles. The number of hydrogen-bond donors (Lipinski definition) is 1. The van der Waals surface area contributed by atoms with Crippen LogP contribution in [-0.2, 0) is 4.89 Å². The summed E-state index contributed by atoms with van der Waals surface area (Å²) >= 11 is 0. The Labute approximate surface area is 67.8 Å². The van der Waals surface area contributed by atoms with Crippen LogP contribution in [0.2, 0.25) is 0 Å². The zero-order valence-electron chi connectivity index (χ0n) is 7.26. The quantitative estimate of drug-likeness (QED) is 0.378. The van der Waals surface area contributed by atoms with Crippen molar-refractivity contribution in [3.8, 4) is 0 Å². The van der Waals surface area contributed by atoms with E-state index in [-0.39, 0.29) is 0 Å². The fourth-order valence-corrected chi connectivity index (χ4v) is 1.44. The number of allylic oxidation sites excluding steroid dienone is 1. The molecule has 1 rings (SSSR count). The summed E-state index contributed by atoms with van der Waals surface area (Å²) in [5.41, 5.74) is 0.756. The van der Waals surface area contributed by atoms with Crippen molar-refractivity contribution in [2.75, 3.05) is 0 Å². The summed E-state index contributed by atoms with van der Waals surface area (Å²) in [5.74, 6) is 0. The second-order valence-corrected chi connectivity index (χ2v) is 3.58. The van der Waals surface area contributed by atoms with Gasteiger partial charge in [-0.3, -0.25) is 5.26 Å². The molecule has 0 aliphatic heterocycles. The third kappa shape index (κ3) is 2.04. The molecule has 0 aromatic heterocycles. The molecule has 0 atom stereocenters. The van der Waals surface area contributed by atoms with Gasteiger partial charge < -0.3 is 0 Å². The monoisotopic (exact) mass is 156 g/mol.